The Morgan fingerprint density at radius 2 is 1.97 bits per heavy atom. The average Bonchev–Trinajstić information content (AvgIpc) is 3.02. The van der Waals surface area contributed by atoms with Crippen LogP contribution in [0.4, 0.5) is 4.39 Å². The highest BCUT2D eigenvalue weighted by atomic mass is 19.2. The van der Waals surface area contributed by atoms with Gasteiger partial charge in [-0.15, -0.1) is 6.42 Å². The number of alkyl halides is 1. The van der Waals surface area contributed by atoms with Gasteiger partial charge in [-0.2, -0.15) is 4.98 Å². The summed E-state index contributed by atoms with van der Waals surface area (Å²) in [6.45, 7) is 3.95. The van der Waals surface area contributed by atoms with Crippen LogP contribution in [0.25, 0.3) is 0 Å². The molecule has 1 aliphatic heterocycles. The quantitative estimate of drug-likeness (QED) is 0.312. The number of benzene rings is 1. The number of halogens is 1. The van der Waals surface area contributed by atoms with Gasteiger partial charge in [-0.1, -0.05) is 18.1 Å². The molecule has 34 heavy (non-hydrogen) atoms. The third-order valence-electron chi connectivity index (χ3n) is 5.06. The van der Waals surface area contributed by atoms with E-state index in [0.717, 1.165) is 6.20 Å². The number of nitrogens with zero attached hydrogens (tertiary/aromatic N) is 2. The molecule has 182 valence electrons. The number of terminal acetylenes is 1. The molecule has 0 bridgehead atoms. The van der Waals surface area contributed by atoms with Crippen LogP contribution in [0.3, 0.4) is 0 Å². The lowest BCUT2D eigenvalue weighted by Gasteiger charge is -2.20. The number of carbonyl (C=O) groups excluding carboxylic acids is 1. The molecule has 10 nitrogen and oxygen atoms in total. The topological polar surface area (TPSA) is 140 Å². The van der Waals surface area contributed by atoms with Gasteiger partial charge in [0.05, 0.1) is 5.41 Å². The third kappa shape index (κ3) is 5.10. The van der Waals surface area contributed by atoms with Crippen molar-refractivity contribution < 1.29 is 38.7 Å². The number of aliphatic hydroxyl groups is 3. The lowest BCUT2D eigenvalue weighted by molar-refractivity contribution is -0.207. The summed E-state index contributed by atoms with van der Waals surface area (Å²) >= 11 is 0. The monoisotopic (exact) mass is 476 g/mol. The van der Waals surface area contributed by atoms with Crippen molar-refractivity contribution in [1.29, 1.82) is 0 Å². The van der Waals surface area contributed by atoms with Gasteiger partial charge in [0.1, 0.15) is 36.7 Å². The van der Waals surface area contributed by atoms with Crippen molar-refractivity contribution in [3.8, 4) is 24.0 Å². The second kappa shape index (κ2) is 9.52. The Bertz CT molecular complexity index is 1150. The number of hydrogen-bond acceptors (Lipinski definition) is 9. The molecule has 1 fully saturated rings. The van der Waals surface area contributed by atoms with Crippen molar-refractivity contribution in [3.63, 3.8) is 0 Å². The number of hydrogen-bond donors (Lipinski definition) is 3. The molecule has 0 radical (unpaired) electrons. The van der Waals surface area contributed by atoms with Gasteiger partial charge in [0.25, 0.3) is 5.85 Å². The Morgan fingerprint density at radius 1 is 1.32 bits per heavy atom. The summed E-state index contributed by atoms with van der Waals surface area (Å²) in [5, 5.41) is 29.0. The number of rotatable bonds is 6. The van der Waals surface area contributed by atoms with E-state index in [9.17, 15) is 24.2 Å². The molecule has 11 heteroatoms. The van der Waals surface area contributed by atoms with E-state index in [4.69, 9.17) is 25.7 Å². The van der Waals surface area contributed by atoms with Crippen LogP contribution in [0.1, 0.15) is 38.1 Å². The van der Waals surface area contributed by atoms with E-state index in [-0.39, 0.29) is 24.0 Å². The molecule has 1 aromatic carbocycles. The molecule has 2 heterocycles. The van der Waals surface area contributed by atoms with E-state index < -0.39 is 42.0 Å². The molecule has 1 aliphatic rings. The molecule has 1 saturated heterocycles. The molecule has 0 spiro atoms. The van der Waals surface area contributed by atoms with Crippen LogP contribution in [-0.2, 0) is 16.1 Å². The summed E-state index contributed by atoms with van der Waals surface area (Å²) in [5.74, 6) is -0.884. The minimum atomic E-state index is -2.96. The maximum atomic E-state index is 14.4. The predicted octanol–water partition coefficient (Wildman–Crippen LogP) is 0.664. The molecular weight excluding hydrogens is 451 g/mol. The van der Waals surface area contributed by atoms with Crippen molar-refractivity contribution in [2.24, 2.45) is 5.41 Å². The fourth-order valence-corrected chi connectivity index (χ4v) is 3.01. The summed E-state index contributed by atoms with van der Waals surface area (Å²) in [6, 6.07) is 6.48. The van der Waals surface area contributed by atoms with Crippen molar-refractivity contribution in [1.82, 2.24) is 9.55 Å². The van der Waals surface area contributed by atoms with E-state index in [1.165, 1.54) is 0 Å². The first-order valence-corrected chi connectivity index (χ1v) is 10.3. The Kier molecular flexibility index (Phi) is 7.09. The highest BCUT2D eigenvalue weighted by Gasteiger charge is 2.56. The normalized spacial score (nSPS) is 24.5. The van der Waals surface area contributed by atoms with Gasteiger partial charge in [-0.25, -0.2) is 9.18 Å². The van der Waals surface area contributed by atoms with E-state index in [1.54, 1.807) is 45.0 Å². The Morgan fingerprint density at radius 3 is 2.50 bits per heavy atom. The van der Waals surface area contributed by atoms with E-state index in [2.05, 4.69) is 10.9 Å². The fourth-order valence-electron chi connectivity index (χ4n) is 3.01. The second-order valence-electron chi connectivity index (χ2n) is 8.75. The zero-order valence-corrected chi connectivity index (χ0v) is 18.8. The van der Waals surface area contributed by atoms with Crippen LogP contribution >= 0.6 is 0 Å². The largest absolute Gasteiger partial charge is 0.472 e. The number of aliphatic hydroxyl groups excluding tert-OH is 3. The average molecular weight is 476 g/mol. The standard InChI is InChI=1S/C23H25FN2O8/c1-5-14-10-26(19-16(28)17(29)23(24,12-27)34-19)21(31)25-18(14)32-11-13-6-8-15(9-7-13)33-20(30)22(2,3)4/h1,6-10,16-17,19,27-29H,11-12H2,2-4H3/t16-,17+,19-,23-/m1/s1. The van der Waals surface area contributed by atoms with Crippen LogP contribution in [0.2, 0.25) is 0 Å². The Balaban J connectivity index is 1.74. The summed E-state index contributed by atoms with van der Waals surface area (Å²) in [5.41, 5.74) is -0.981. The Hall–Kier alpha value is -3.30. The molecule has 3 rings (SSSR count). The fraction of sp³-hybridized carbons (Fsp3) is 0.435. The first-order valence-electron chi connectivity index (χ1n) is 10.3. The molecule has 0 amide bonds. The van der Waals surface area contributed by atoms with Crippen LogP contribution in [-0.4, -0.2) is 55.5 Å². The highest BCUT2D eigenvalue weighted by molar-refractivity contribution is 5.77. The molecule has 0 saturated carbocycles. The summed E-state index contributed by atoms with van der Waals surface area (Å²) in [6.07, 6.45) is 0.929. The lowest BCUT2D eigenvalue weighted by atomic mass is 9.97. The first kappa shape index (κ1) is 25.3. The second-order valence-corrected chi connectivity index (χ2v) is 8.75. The van der Waals surface area contributed by atoms with E-state index >= 15 is 0 Å². The molecule has 0 aliphatic carbocycles. The number of aromatic nitrogens is 2. The third-order valence-corrected chi connectivity index (χ3v) is 5.06. The smallest absolute Gasteiger partial charge is 0.353 e. The molecule has 0 unspecified atom stereocenters. The van der Waals surface area contributed by atoms with Crippen LogP contribution in [0.5, 0.6) is 11.6 Å². The SMILES string of the molecule is C#Cc1cn([C@@H]2O[C@](F)(CO)[C@@H](O)[C@H]2O)c(=O)nc1OCc1ccc(OC(=O)C(C)(C)C)cc1. The zero-order valence-electron chi connectivity index (χ0n) is 18.8. The minimum Gasteiger partial charge on any atom is -0.472 e. The van der Waals surface area contributed by atoms with Gasteiger partial charge in [0.2, 0.25) is 5.88 Å². The molecular formula is C23H25FN2O8. The van der Waals surface area contributed by atoms with Gasteiger partial charge >= 0.3 is 11.7 Å². The molecule has 3 N–H and O–H groups in total. The highest BCUT2D eigenvalue weighted by Crippen LogP contribution is 2.37. The molecule has 2 aromatic rings. The van der Waals surface area contributed by atoms with Crippen molar-refractivity contribution in [2.75, 3.05) is 6.61 Å². The lowest BCUT2D eigenvalue weighted by Crippen LogP contribution is -2.42. The summed E-state index contributed by atoms with van der Waals surface area (Å²) < 4.78 is 30.8. The van der Waals surface area contributed by atoms with Gasteiger partial charge in [-0.3, -0.25) is 9.36 Å². The summed E-state index contributed by atoms with van der Waals surface area (Å²) in [7, 11) is 0. The van der Waals surface area contributed by atoms with E-state index in [1.807, 2.05) is 0 Å². The zero-order chi connectivity index (χ0) is 25.3. The first-order chi connectivity index (χ1) is 15.9. The maximum absolute atomic E-state index is 14.4. The number of esters is 1. The van der Waals surface area contributed by atoms with Gasteiger partial charge in [0.15, 0.2) is 6.23 Å². The number of ether oxygens (including phenoxy) is 3. The van der Waals surface area contributed by atoms with Gasteiger partial charge < -0.3 is 29.5 Å². The molecule has 4 atom stereocenters. The van der Waals surface area contributed by atoms with E-state index in [0.29, 0.717) is 15.9 Å². The maximum Gasteiger partial charge on any atom is 0.353 e. The van der Waals surface area contributed by atoms with Crippen LogP contribution in [0, 0.1) is 17.8 Å². The van der Waals surface area contributed by atoms with Crippen LogP contribution < -0.4 is 15.2 Å². The predicted molar refractivity (Wildman–Crippen MR) is 115 cm³/mol. The van der Waals surface area contributed by atoms with Crippen molar-refractivity contribution in [2.45, 2.75) is 51.7 Å². The van der Waals surface area contributed by atoms with Gasteiger partial charge in [-0.05, 0) is 38.5 Å². The summed E-state index contributed by atoms with van der Waals surface area (Å²) in [4.78, 5) is 28.2. The van der Waals surface area contributed by atoms with Gasteiger partial charge in [0, 0.05) is 6.20 Å². The Labute approximate surface area is 194 Å². The number of carbonyl (C=O) groups is 1. The van der Waals surface area contributed by atoms with Crippen LogP contribution in [0.15, 0.2) is 35.3 Å². The minimum absolute atomic E-state index is 0.000902. The van der Waals surface area contributed by atoms with Crippen molar-refractivity contribution >= 4 is 5.97 Å². The van der Waals surface area contributed by atoms with Crippen molar-refractivity contribution in [3.05, 3.63) is 52.1 Å². The molecule has 1 aromatic heterocycles.